The summed E-state index contributed by atoms with van der Waals surface area (Å²) in [6.07, 6.45) is -0.657. The average Bonchev–Trinajstić information content (AvgIpc) is 2.96. The van der Waals surface area contributed by atoms with Crippen LogP contribution in [-0.2, 0) is 11.8 Å². The van der Waals surface area contributed by atoms with Gasteiger partial charge in [0, 0.05) is 18.2 Å². The Bertz CT molecular complexity index is 1040. The lowest BCUT2D eigenvalue weighted by atomic mass is 9.98. The second-order valence-electron chi connectivity index (χ2n) is 5.49. The van der Waals surface area contributed by atoms with E-state index in [9.17, 15) is 19.5 Å². The van der Waals surface area contributed by atoms with Gasteiger partial charge in [0.1, 0.15) is 0 Å². The van der Waals surface area contributed by atoms with Crippen LogP contribution in [0.1, 0.15) is 26.3 Å². The fraction of sp³-hybridized carbons (Fsp3) is 0.111. The zero-order valence-corrected chi connectivity index (χ0v) is 14.0. The first kappa shape index (κ1) is 17.2. The van der Waals surface area contributed by atoms with Crippen molar-refractivity contribution in [1.82, 2.24) is 9.55 Å². The van der Waals surface area contributed by atoms with Crippen LogP contribution in [0.2, 0.25) is 0 Å². The van der Waals surface area contributed by atoms with E-state index in [-0.39, 0.29) is 17.1 Å². The summed E-state index contributed by atoms with van der Waals surface area (Å²) in [7, 11) is 2.93. The summed E-state index contributed by atoms with van der Waals surface area (Å²) in [6.45, 7) is 0. The van der Waals surface area contributed by atoms with E-state index in [0.717, 1.165) is 0 Å². The number of nitrogens with zero attached hydrogens (tertiary/aromatic N) is 2. The van der Waals surface area contributed by atoms with Crippen LogP contribution in [0.4, 0.5) is 10.7 Å². The maximum absolute atomic E-state index is 12.8. The third-order valence-corrected chi connectivity index (χ3v) is 3.94. The van der Waals surface area contributed by atoms with Crippen LogP contribution in [0, 0.1) is 0 Å². The number of benzene rings is 2. The highest BCUT2D eigenvalue weighted by molar-refractivity contribution is 6.15. The zero-order chi connectivity index (χ0) is 18.8. The molecule has 0 aliphatic carbocycles. The van der Waals surface area contributed by atoms with Crippen LogP contribution in [0.15, 0.2) is 42.5 Å². The van der Waals surface area contributed by atoms with Crippen LogP contribution in [-0.4, -0.2) is 39.6 Å². The summed E-state index contributed by atoms with van der Waals surface area (Å²) in [5, 5.41) is 11.8. The van der Waals surface area contributed by atoms with Gasteiger partial charge in [-0.25, -0.2) is 14.6 Å². The highest BCUT2D eigenvalue weighted by Crippen LogP contribution is 2.22. The number of hydrogen-bond donors (Lipinski definition) is 2. The first-order valence-corrected chi connectivity index (χ1v) is 7.61. The van der Waals surface area contributed by atoms with Crippen LogP contribution in [0.5, 0.6) is 0 Å². The number of hydrogen-bond acceptors (Lipinski definition) is 5. The largest absolute Gasteiger partial charge is 0.478 e. The molecule has 1 aromatic heterocycles. The lowest BCUT2D eigenvalue weighted by molar-refractivity contribution is 0.0692. The molecule has 0 spiro atoms. The van der Waals surface area contributed by atoms with Gasteiger partial charge in [0.05, 0.1) is 23.7 Å². The Morgan fingerprint density at radius 3 is 2.46 bits per heavy atom. The van der Waals surface area contributed by atoms with Crippen molar-refractivity contribution in [2.24, 2.45) is 7.05 Å². The Hall–Kier alpha value is -3.68. The predicted octanol–water partition coefficient (Wildman–Crippen LogP) is 2.68. The van der Waals surface area contributed by atoms with E-state index < -0.39 is 17.8 Å². The number of nitrogens with one attached hydrogen (secondary N) is 1. The quantitative estimate of drug-likeness (QED) is 0.698. The molecule has 3 aromatic rings. The molecule has 1 heterocycles. The Kier molecular flexibility index (Phi) is 4.40. The fourth-order valence-electron chi connectivity index (χ4n) is 2.61. The van der Waals surface area contributed by atoms with Gasteiger partial charge < -0.3 is 14.4 Å². The number of carbonyl (C=O) groups is 3. The molecule has 2 N–H and O–H groups in total. The summed E-state index contributed by atoms with van der Waals surface area (Å²) >= 11 is 0. The molecule has 0 unspecified atom stereocenters. The number of rotatable bonds is 4. The Morgan fingerprint density at radius 1 is 1.12 bits per heavy atom. The standard InChI is InChI=1S/C18H15N3O5/c1-21-14-9-10(7-8-13(14)19-17(21)20-18(25)26-2)15(22)11-5-3-4-6-12(11)16(23)24/h3-9H,1-2H3,(H,23,24)(H,19,20,25). The van der Waals surface area contributed by atoms with Crippen molar-refractivity contribution < 1.29 is 24.2 Å². The number of imidazole rings is 1. The smallest absolute Gasteiger partial charge is 0.413 e. The molecule has 2 aromatic carbocycles. The molecule has 1 amide bonds. The monoisotopic (exact) mass is 353 g/mol. The van der Waals surface area contributed by atoms with Gasteiger partial charge in [-0.05, 0) is 24.3 Å². The van der Waals surface area contributed by atoms with Gasteiger partial charge in [0.15, 0.2) is 5.78 Å². The summed E-state index contributed by atoms with van der Waals surface area (Å²) in [6, 6.07) is 10.8. The number of ketones is 1. The summed E-state index contributed by atoms with van der Waals surface area (Å²) in [4.78, 5) is 39.8. The van der Waals surface area contributed by atoms with Crippen molar-refractivity contribution in [3.05, 3.63) is 59.2 Å². The number of ether oxygens (including phenoxy) is 1. The summed E-state index contributed by atoms with van der Waals surface area (Å²) < 4.78 is 6.15. The minimum atomic E-state index is -1.17. The number of aromatic carboxylic acids is 1. The van der Waals surface area contributed by atoms with Gasteiger partial charge in [-0.1, -0.05) is 18.2 Å². The first-order chi connectivity index (χ1) is 12.4. The average molecular weight is 353 g/mol. The molecule has 0 atom stereocenters. The molecule has 3 rings (SSSR count). The first-order valence-electron chi connectivity index (χ1n) is 7.61. The minimum Gasteiger partial charge on any atom is -0.478 e. The fourth-order valence-corrected chi connectivity index (χ4v) is 2.61. The SMILES string of the molecule is COC(=O)Nc1nc2ccc(C(=O)c3ccccc3C(=O)O)cc2n1C. The molecule has 0 saturated carbocycles. The summed E-state index contributed by atoms with van der Waals surface area (Å²) in [5.74, 6) is -1.31. The number of amides is 1. The second-order valence-corrected chi connectivity index (χ2v) is 5.49. The van der Waals surface area contributed by atoms with Gasteiger partial charge in [-0.3, -0.25) is 10.1 Å². The van der Waals surface area contributed by atoms with E-state index in [0.29, 0.717) is 16.6 Å². The highest BCUT2D eigenvalue weighted by Gasteiger charge is 2.19. The molecule has 0 bridgehead atoms. The normalized spacial score (nSPS) is 10.5. The Morgan fingerprint density at radius 2 is 1.81 bits per heavy atom. The molecule has 132 valence electrons. The summed E-state index contributed by atoms with van der Waals surface area (Å²) in [5.41, 5.74) is 1.54. The van der Waals surface area contributed by atoms with Crippen molar-refractivity contribution in [3.63, 3.8) is 0 Å². The van der Waals surface area contributed by atoms with Crippen molar-refractivity contribution in [3.8, 4) is 0 Å². The molecular formula is C18H15N3O5. The minimum absolute atomic E-state index is 0.0596. The van der Waals surface area contributed by atoms with Gasteiger partial charge in [0.25, 0.3) is 0 Å². The van der Waals surface area contributed by atoms with Gasteiger partial charge in [-0.2, -0.15) is 0 Å². The van der Waals surface area contributed by atoms with Crippen molar-refractivity contribution in [1.29, 1.82) is 0 Å². The Balaban J connectivity index is 2.04. The van der Waals surface area contributed by atoms with E-state index >= 15 is 0 Å². The van der Waals surface area contributed by atoms with Crippen LogP contribution < -0.4 is 5.32 Å². The van der Waals surface area contributed by atoms with Gasteiger partial charge in [-0.15, -0.1) is 0 Å². The molecule has 8 heteroatoms. The maximum Gasteiger partial charge on any atom is 0.413 e. The molecule has 0 aliphatic rings. The molecule has 0 fully saturated rings. The number of anilines is 1. The Labute approximate surface area is 148 Å². The lowest BCUT2D eigenvalue weighted by Crippen LogP contribution is -2.14. The van der Waals surface area contributed by atoms with E-state index in [2.05, 4.69) is 15.0 Å². The number of carboxylic acids is 1. The van der Waals surface area contributed by atoms with Crippen molar-refractivity contribution in [2.75, 3.05) is 12.4 Å². The van der Waals surface area contributed by atoms with E-state index in [1.165, 1.54) is 19.2 Å². The van der Waals surface area contributed by atoms with Crippen LogP contribution in [0.25, 0.3) is 11.0 Å². The number of methoxy groups -OCH3 is 1. The highest BCUT2D eigenvalue weighted by atomic mass is 16.5. The van der Waals surface area contributed by atoms with Gasteiger partial charge in [0.2, 0.25) is 5.95 Å². The number of aromatic nitrogens is 2. The number of fused-ring (bicyclic) bond motifs is 1. The molecule has 0 radical (unpaired) electrons. The zero-order valence-electron chi connectivity index (χ0n) is 14.0. The third-order valence-electron chi connectivity index (χ3n) is 3.94. The molecule has 8 nitrogen and oxygen atoms in total. The van der Waals surface area contributed by atoms with Crippen LogP contribution in [0.3, 0.4) is 0 Å². The van der Waals surface area contributed by atoms with E-state index in [1.54, 1.807) is 41.9 Å². The van der Waals surface area contributed by atoms with Crippen molar-refractivity contribution >= 4 is 34.8 Å². The number of carboxylic acid groups (broad SMARTS) is 1. The molecule has 0 aliphatic heterocycles. The van der Waals surface area contributed by atoms with Gasteiger partial charge >= 0.3 is 12.1 Å². The van der Waals surface area contributed by atoms with Crippen molar-refractivity contribution in [2.45, 2.75) is 0 Å². The molecule has 26 heavy (non-hydrogen) atoms. The third kappa shape index (κ3) is 3.00. The predicted molar refractivity (Wildman–Crippen MR) is 93.6 cm³/mol. The molecular weight excluding hydrogens is 338 g/mol. The van der Waals surface area contributed by atoms with E-state index in [1.807, 2.05) is 0 Å². The van der Waals surface area contributed by atoms with E-state index in [4.69, 9.17) is 0 Å². The number of aryl methyl sites for hydroxylation is 1. The lowest BCUT2D eigenvalue weighted by Gasteiger charge is -2.06. The van der Waals surface area contributed by atoms with Crippen LogP contribution >= 0.6 is 0 Å². The number of carbonyl (C=O) groups excluding carboxylic acids is 2. The topological polar surface area (TPSA) is 111 Å². The maximum atomic E-state index is 12.8. The second kappa shape index (κ2) is 6.67. The molecule has 0 saturated heterocycles.